The van der Waals surface area contributed by atoms with Crippen LogP contribution in [-0.2, 0) is 16.0 Å². The summed E-state index contributed by atoms with van der Waals surface area (Å²) < 4.78 is 13.9. The molecular weight excluding hydrogens is 562 g/mol. The van der Waals surface area contributed by atoms with Crippen LogP contribution in [-0.4, -0.2) is 70.9 Å². The average Bonchev–Trinajstić information content (AvgIpc) is 3.12. The van der Waals surface area contributed by atoms with Gasteiger partial charge in [0.2, 0.25) is 0 Å². The summed E-state index contributed by atoms with van der Waals surface area (Å²) in [7, 11) is 3.90. The van der Waals surface area contributed by atoms with Gasteiger partial charge in [0.25, 0.3) is 0 Å². The first-order valence-electron chi connectivity index (χ1n) is 12.4. The molecule has 1 aromatic rings. The number of hydrogen-bond donors (Lipinski definition) is 0. The van der Waals surface area contributed by atoms with Gasteiger partial charge >= 0.3 is 6.09 Å². The van der Waals surface area contributed by atoms with Gasteiger partial charge < -0.3 is 19.3 Å². The van der Waals surface area contributed by atoms with E-state index in [-0.39, 0.29) is 17.6 Å². The highest BCUT2D eigenvalue weighted by Gasteiger charge is 2.39. The Hall–Kier alpha value is -0.440. The number of amides is 1. The van der Waals surface area contributed by atoms with Crippen LogP contribution in [0.5, 0.6) is 0 Å². The Bertz CT molecular complexity index is 794. The Labute approximate surface area is 222 Å². The van der Waals surface area contributed by atoms with E-state index in [1.807, 2.05) is 20.8 Å². The number of ether oxygens (including phenoxy) is 2. The van der Waals surface area contributed by atoms with Crippen LogP contribution in [0.1, 0.15) is 84.9 Å². The van der Waals surface area contributed by atoms with Gasteiger partial charge in [0.1, 0.15) is 5.60 Å². The maximum Gasteiger partial charge on any atom is 0.410 e. The van der Waals surface area contributed by atoms with Crippen molar-refractivity contribution < 1.29 is 14.3 Å². The van der Waals surface area contributed by atoms with Crippen molar-refractivity contribution in [1.29, 1.82) is 0 Å². The standard InChI is InChI=1S/C25H46IN4O3P/c1-18(2)17-32-21-14-19(10-11-25(21,6)7)22-20(16-30(27-22)34-26)15-28(8)12-13-29(9)23(31)33-24(3,4)5/h16,18-19,21,34H,10-15,17H2,1-9H3. The van der Waals surface area contributed by atoms with Gasteiger partial charge in [-0.3, -0.25) is 0 Å². The minimum Gasteiger partial charge on any atom is -0.444 e. The molecule has 0 bridgehead atoms. The van der Waals surface area contributed by atoms with E-state index in [0.29, 0.717) is 24.8 Å². The number of halogens is 1. The Balaban J connectivity index is 2.04. The molecule has 1 aliphatic rings. The molecule has 7 nitrogen and oxygen atoms in total. The van der Waals surface area contributed by atoms with Gasteiger partial charge in [0.15, 0.2) is 0 Å². The van der Waals surface area contributed by atoms with E-state index in [0.717, 1.165) is 39.0 Å². The molecule has 0 aromatic carbocycles. The van der Waals surface area contributed by atoms with Gasteiger partial charge in [-0.15, -0.1) is 0 Å². The van der Waals surface area contributed by atoms with Gasteiger partial charge in [-0.25, -0.2) is 9.25 Å². The summed E-state index contributed by atoms with van der Waals surface area (Å²) in [6.45, 7) is 17.8. The van der Waals surface area contributed by atoms with Crippen LogP contribution in [0, 0.1) is 11.3 Å². The number of nitrogens with zero attached hydrogens (tertiary/aromatic N) is 4. The van der Waals surface area contributed by atoms with E-state index in [1.54, 1.807) is 11.9 Å². The van der Waals surface area contributed by atoms with E-state index in [2.05, 4.69) is 72.3 Å². The highest BCUT2D eigenvalue weighted by atomic mass is 127. The Morgan fingerprint density at radius 1 is 1.32 bits per heavy atom. The topological polar surface area (TPSA) is 59.8 Å². The van der Waals surface area contributed by atoms with E-state index >= 15 is 0 Å². The van der Waals surface area contributed by atoms with Gasteiger partial charge in [-0.05, 0) is 80.5 Å². The Morgan fingerprint density at radius 3 is 2.59 bits per heavy atom. The molecule has 196 valence electrons. The Morgan fingerprint density at radius 2 is 2.00 bits per heavy atom. The SMILES string of the molecule is CC(C)COC1CC(c2nn(PI)cc2CN(C)CCN(C)C(=O)OC(C)(C)C)CCC1(C)C. The molecule has 0 N–H and O–H groups in total. The van der Waals surface area contributed by atoms with Crippen molar-refractivity contribution in [3.63, 3.8) is 0 Å². The van der Waals surface area contributed by atoms with Crippen LogP contribution in [0.3, 0.4) is 0 Å². The summed E-state index contributed by atoms with van der Waals surface area (Å²) >= 11 is 2.39. The third-order valence-corrected chi connectivity index (χ3v) is 8.28. The third-order valence-electron chi connectivity index (χ3n) is 6.40. The minimum absolute atomic E-state index is 0.197. The van der Waals surface area contributed by atoms with Crippen molar-refractivity contribution in [2.24, 2.45) is 11.3 Å². The molecule has 0 spiro atoms. The van der Waals surface area contributed by atoms with E-state index in [4.69, 9.17) is 14.6 Å². The van der Waals surface area contributed by atoms with Crippen LogP contribution < -0.4 is 0 Å². The fraction of sp³-hybridized carbons (Fsp3) is 0.840. The summed E-state index contributed by atoms with van der Waals surface area (Å²) in [6, 6.07) is 0. The number of carbonyl (C=O) groups excluding carboxylic acids is 1. The zero-order valence-corrected chi connectivity index (χ0v) is 25.8. The summed E-state index contributed by atoms with van der Waals surface area (Å²) in [4.78, 5) is 16.2. The molecule has 1 amide bonds. The fourth-order valence-electron chi connectivity index (χ4n) is 4.31. The molecule has 9 heteroatoms. The molecule has 1 aromatic heterocycles. The quantitative estimate of drug-likeness (QED) is 0.230. The monoisotopic (exact) mass is 608 g/mol. The zero-order valence-electron chi connectivity index (χ0n) is 22.7. The van der Waals surface area contributed by atoms with Crippen LogP contribution in [0.4, 0.5) is 4.79 Å². The minimum atomic E-state index is -0.480. The molecule has 3 unspecified atom stereocenters. The number of aromatic nitrogens is 2. The van der Waals surface area contributed by atoms with E-state index in [1.165, 1.54) is 11.3 Å². The maximum atomic E-state index is 12.3. The molecule has 2 rings (SSSR count). The van der Waals surface area contributed by atoms with Crippen LogP contribution in [0.15, 0.2) is 6.20 Å². The molecule has 0 aliphatic heterocycles. The molecule has 1 heterocycles. The van der Waals surface area contributed by atoms with Gasteiger partial charge in [-0.2, -0.15) is 5.10 Å². The van der Waals surface area contributed by atoms with Crippen molar-refractivity contribution in [3.8, 4) is 0 Å². The molecule has 1 aliphatic carbocycles. The predicted octanol–water partition coefficient (Wildman–Crippen LogP) is 6.31. The molecule has 0 saturated heterocycles. The highest BCUT2D eigenvalue weighted by molar-refractivity contribution is 14.2. The molecule has 34 heavy (non-hydrogen) atoms. The molecular formula is C25H46IN4O3P. The predicted molar refractivity (Wildman–Crippen MR) is 150 cm³/mol. The second kappa shape index (κ2) is 12.7. The first-order valence-corrected chi connectivity index (χ1v) is 16.5. The first kappa shape index (κ1) is 29.8. The van der Waals surface area contributed by atoms with Gasteiger partial charge in [0.05, 0.1) is 18.2 Å². The van der Waals surface area contributed by atoms with Crippen molar-refractivity contribution in [2.45, 2.75) is 91.9 Å². The fourth-order valence-corrected chi connectivity index (χ4v) is 5.40. The normalized spacial score (nSPS) is 21.1. The summed E-state index contributed by atoms with van der Waals surface area (Å²) in [5, 5.41) is 5.00. The smallest absolute Gasteiger partial charge is 0.410 e. The lowest BCUT2D eigenvalue weighted by atomic mass is 9.69. The second-order valence-electron chi connectivity index (χ2n) is 11.9. The number of carbonyl (C=O) groups is 1. The summed E-state index contributed by atoms with van der Waals surface area (Å²) in [5.41, 5.74) is 2.23. The van der Waals surface area contributed by atoms with Crippen LogP contribution in [0.2, 0.25) is 0 Å². The third kappa shape index (κ3) is 9.21. The maximum absolute atomic E-state index is 12.3. The van der Waals surface area contributed by atoms with E-state index < -0.39 is 5.60 Å². The van der Waals surface area contributed by atoms with E-state index in [9.17, 15) is 4.79 Å². The molecule has 0 radical (unpaired) electrons. The lowest BCUT2D eigenvalue weighted by Gasteiger charge is -2.42. The Kier molecular flexibility index (Phi) is 11.1. The zero-order chi connectivity index (χ0) is 25.7. The molecule has 1 fully saturated rings. The van der Waals surface area contributed by atoms with Crippen LogP contribution >= 0.6 is 28.4 Å². The average molecular weight is 609 g/mol. The van der Waals surface area contributed by atoms with Crippen molar-refractivity contribution in [1.82, 2.24) is 19.4 Å². The summed E-state index contributed by atoms with van der Waals surface area (Å²) in [6.07, 6.45) is 6.09. The lowest BCUT2D eigenvalue weighted by Crippen LogP contribution is -2.39. The number of likely N-dealkylation sites (N-methyl/N-ethyl adjacent to an activating group) is 2. The van der Waals surface area contributed by atoms with Gasteiger partial charge in [0, 0.05) is 51.0 Å². The highest BCUT2D eigenvalue weighted by Crippen LogP contribution is 2.45. The number of hydrogen-bond acceptors (Lipinski definition) is 5. The largest absolute Gasteiger partial charge is 0.444 e. The lowest BCUT2D eigenvalue weighted by molar-refractivity contribution is -0.0650. The van der Waals surface area contributed by atoms with Gasteiger partial charge in [-0.1, -0.05) is 27.7 Å². The first-order chi connectivity index (χ1) is 15.7. The second-order valence-corrected chi connectivity index (χ2v) is 14.0. The summed E-state index contributed by atoms with van der Waals surface area (Å²) in [5.74, 6) is 0.964. The van der Waals surface area contributed by atoms with Crippen molar-refractivity contribution in [3.05, 3.63) is 17.5 Å². The van der Waals surface area contributed by atoms with Crippen LogP contribution in [0.25, 0.3) is 0 Å². The molecule has 3 atom stereocenters. The number of rotatable bonds is 10. The van der Waals surface area contributed by atoms with Crippen molar-refractivity contribution >= 4 is 34.5 Å². The van der Waals surface area contributed by atoms with Crippen molar-refractivity contribution in [2.75, 3.05) is 33.8 Å². The molecule has 1 saturated carbocycles.